The van der Waals surface area contributed by atoms with Gasteiger partial charge in [-0.25, -0.2) is 9.97 Å². The zero-order valence-electron chi connectivity index (χ0n) is 16.5. The average Bonchev–Trinajstić information content (AvgIpc) is 2.80. The van der Waals surface area contributed by atoms with E-state index < -0.39 is 0 Å². The number of carbonyl (C=O) groups excluding carboxylic acids is 1. The van der Waals surface area contributed by atoms with Gasteiger partial charge in [-0.05, 0) is 24.1 Å². The molecule has 1 saturated heterocycles. The summed E-state index contributed by atoms with van der Waals surface area (Å²) in [6.07, 6.45) is 3.54. The monoisotopic (exact) mass is 384 g/mol. The molecule has 0 unspecified atom stereocenters. The van der Waals surface area contributed by atoms with Gasteiger partial charge in [0.05, 0.1) is 0 Å². The van der Waals surface area contributed by atoms with Crippen molar-refractivity contribution in [2.75, 3.05) is 31.1 Å². The predicted molar refractivity (Wildman–Crippen MR) is 116 cm³/mol. The maximum atomic E-state index is 12.7. The quantitative estimate of drug-likeness (QED) is 0.640. The highest BCUT2D eigenvalue weighted by molar-refractivity contribution is 5.95. The van der Waals surface area contributed by atoms with Crippen LogP contribution in [0.4, 0.5) is 5.82 Å². The molecule has 4 rings (SSSR count). The van der Waals surface area contributed by atoms with Gasteiger partial charge in [0.25, 0.3) is 0 Å². The first-order valence-electron chi connectivity index (χ1n) is 9.87. The Morgan fingerprint density at radius 3 is 2.24 bits per heavy atom. The van der Waals surface area contributed by atoms with Crippen LogP contribution in [0.15, 0.2) is 79.0 Å². The fourth-order valence-electron chi connectivity index (χ4n) is 3.47. The number of anilines is 1. The Morgan fingerprint density at radius 1 is 0.897 bits per heavy atom. The van der Waals surface area contributed by atoms with Crippen LogP contribution in [0.5, 0.6) is 0 Å². The Hall–Kier alpha value is -3.47. The molecular weight excluding hydrogens is 360 g/mol. The molecule has 1 aliphatic heterocycles. The van der Waals surface area contributed by atoms with Crippen molar-refractivity contribution in [3.05, 3.63) is 84.6 Å². The standard InChI is InChI=1S/C24H24N4O/c1-19(20-8-4-2-5-9-20)18-23(29)28-16-14-27(15-17-28)22-12-13-25-24(26-22)21-10-6-3-7-11-21/h2-13,18H,14-17H2,1H3/b19-18-. The summed E-state index contributed by atoms with van der Waals surface area (Å²) in [5.74, 6) is 1.70. The molecule has 1 aromatic heterocycles. The third-order valence-electron chi connectivity index (χ3n) is 5.16. The molecule has 1 fully saturated rings. The van der Waals surface area contributed by atoms with Gasteiger partial charge in [0.15, 0.2) is 5.82 Å². The minimum absolute atomic E-state index is 0.0682. The molecule has 3 aromatic rings. The number of aromatic nitrogens is 2. The van der Waals surface area contributed by atoms with Gasteiger partial charge in [-0.15, -0.1) is 0 Å². The third-order valence-corrected chi connectivity index (χ3v) is 5.16. The highest BCUT2D eigenvalue weighted by Gasteiger charge is 2.21. The number of nitrogens with zero attached hydrogens (tertiary/aromatic N) is 4. The third kappa shape index (κ3) is 4.51. The first kappa shape index (κ1) is 18.9. The largest absolute Gasteiger partial charge is 0.353 e. The van der Waals surface area contributed by atoms with E-state index in [9.17, 15) is 4.79 Å². The lowest BCUT2D eigenvalue weighted by Gasteiger charge is -2.35. The van der Waals surface area contributed by atoms with Crippen LogP contribution >= 0.6 is 0 Å². The van der Waals surface area contributed by atoms with Gasteiger partial charge in [0.1, 0.15) is 5.82 Å². The topological polar surface area (TPSA) is 49.3 Å². The van der Waals surface area contributed by atoms with Crippen molar-refractivity contribution in [2.24, 2.45) is 0 Å². The minimum Gasteiger partial charge on any atom is -0.353 e. The summed E-state index contributed by atoms with van der Waals surface area (Å²) in [5.41, 5.74) is 3.07. The number of amides is 1. The Bertz CT molecular complexity index is 994. The van der Waals surface area contributed by atoms with Crippen molar-refractivity contribution in [3.63, 3.8) is 0 Å². The Balaban J connectivity index is 1.40. The van der Waals surface area contributed by atoms with Crippen molar-refractivity contribution < 1.29 is 4.79 Å². The molecule has 0 saturated carbocycles. The Kier molecular flexibility index (Phi) is 5.66. The van der Waals surface area contributed by atoms with Crippen LogP contribution in [0.1, 0.15) is 12.5 Å². The number of carbonyl (C=O) groups is 1. The number of allylic oxidation sites excluding steroid dienone is 1. The normalized spacial score (nSPS) is 14.7. The molecule has 5 nitrogen and oxygen atoms in total. The highest BCUT2D eigenvalue weighted by Crippen LogP contribution is 2.20. The van der Waals surface area contributed by atoms with Crippen molar-refractivity contribution in [1.82, 2.24) is 14.9 Å². The van der Waals surface area contributed by atoms with Gasteiger partial charge in [-0.3, -0.25) is 4.79 Å². The maximum absolute atomic E-state index is 12.7. The van der Waals surface area contributed by atoms with Crippen LogP contribution in [0, 0.1) is 0 Å². The van der Waals surface area contributed by atoms with E-state index >= 15 is 0 Å². The molecule has 29 heavy (non-hydrogen) atoms. The van der Waals surface area contributed by atoms with Crippen molar-refractivity contribution >= 4 is 17.3 Å². The molecule has 1 amide bonds. The van der Waals surface area contributed by atoms with Crippen LogP contribution in [-0.2, 0) is 4.79 Å². The molecule has 1 aliphatic rings. The maximum Gasteiger partial charge on any atom is 0.246 e. The molecular formula is C24H24N4O. The van der Waals surface area contributed by atoms with E-state index in [-0.39, 0.29) is 5.91 Å². The summed E-state index contributed by atoms with van der Waals surface area (Å²) in [6, 6.07) is 21.9. The second-order valence-corrected chi connectivity index (χ2v) is 7.11. The van der Waals surface area contributed by atoms with E-state index in [1.807, 2.05) is 78.6 Å². The van der Waals surface area contributed by atoms with E-state index in [0.717, 1.165) is 41.4 Å². The first-order chi connectivity index (χ1) is 14.2. The van der Waals surface area contributed by atoms with Crippen LogP contribution in [0.3, 0.4) is 0 Å². The zero-order valence-corrected chi connectivity index (χ0v) is 16.5. The first-order valence-corrected chi connectivity index (χ1v) is 9.87. The predicted octanol–water partition coefficient (Wildman–Crippen LogP) is 3.90. The molecule has 0 radical (unpaired) electrons. The van der Waals surface area contributed by atoms with E-state index in [1.165, 1.54) is 0 Å². The van der Waals surface area contributed by atoms with Crippen LogP contribution in [-0.4, -0.2) is 47.0 Å². The lowest BCUT2D eigenvalue weighted by molar-refractivity contribution is -0.126. The number of rotatable bonds is 4. The summed E-state index contributed by atoms with van der Waals surface area (Å²) in [5, 5.41) is 0. The lowest BCUT2D eigenvalue weighted by atomic mass is 10.1. The number of hydrogen-bond donors (Lipinski definition) is 0. The Morgan fingerprint density at radius 2 is 1.55 bits per heavy atom. The van der Waals surface area contributed by atoms with Gasteiger partial charge < -0.3 is 9.80 Å². The SMILES string of the molecule is C/C(=C/C(=O)N1CCN(c2ccnc(-c3ccccc3)n2)CC1)c1ccccc1. The van der Waals surface area contributed by atoms with Crippen molar-refractivity contribution in [2.45, 2.75) is 6.92 Å². The molecule has 5 heteroatoms. The minimum atomic E-state index is 0.0682. The van der Waals surface area contributed by atoms with Crippen molar-refractivity contribution in [3.8, 4) is 11.4 Å². The van der Waals surface area contributed by atoms with E-state index in [1.54, 1.807) is 12.3 Å². The molecule has 2 heterocycles. The molecule has 0 bridgehead atoms. The summed E-state index contributed by atoms with van der Waals surface area (Å²) < 4.78 is 0. The molecule has 0 N–H and O–H groups in total. The fourth-order valence-corrected chi connectivity index (χ4v) is 3.47. The van der Waals surface area contributed by atoms with Crippen LogP contribution in [0.2, 0.25) is 0 Å². The Labute approximate surface area is 171 Å². The van der Waals surface area contributed by atoms with E-state index in [0.29, 0.717) is 13.1 Å². The smallest absolute Gasteiger partial charge is 0.246 e. The van der Waals surface area contributed by atoms with Gasteiger partial charge >= 0.3 is 0 Å². The average molecular weight is 384 g/mol. The van der Waals surface area contributed by atoms with Crippen LogP contribution < -0.4 is 4.90 Å². The fraction of sp³-hybridized carbons (Fsp3) is 0.208. The summed E-state index contributed by atoms with van der Waals surface area (Å²) in [6.45, 7) is 4.87. The van der Waals surface area contributed by atoms with Crippen molar-refractivity contribution in [1.29, 1.82) is 0 Å². The number of hydrogen-bond acceptors (Lipinski definition) is 4. The highest BCUT2D eigenvalue weighted by atomic mass is 16.2. The number of benzene rings is 2. The molecule has 0 spiro atoms. The van der Waals surface area contributed by atoms with Gasteiger partial charge in [0.2, 0.25) is 5.91 Å². The summed E-state index contributed by atoms with van der Waals surface area (Å²) >= 11 is 0. The number of piperazine rings is 1. The lowest BCUT2D eigenvalue weighted by Crippen LogP contribution is -2.48. The van der Waals surface area contributed by atoms with E-state index in [2.05, 4.69) is 9.88 Å². The summed E-state index contributed by atoms with van der Waals surface area (Å²) in [7, 11) is 0. The summed E-state index contributed by atoms with van der Waals surface area (Å²) in [4.78, 5) is 25.9. The molecule has 0 atom stereocenters. The molecule has 2 aromatic carbocycles. The molecule has 146 valence electrons. The van der Waals surface area contributed by atoms with Gasteiger partial charge in [-0.2, -0.15) is 0 Å². The van der Waals surface area contributed by atoms with Crippen LogP contribution in [0.25, 0.3) is 17.0 Å². The van der Waals surface area contributed by atoms with Gasteiger partial charge in [0, 0.05) is 44.0 Å². The second-order valence-electron chi connectivity index (χ2n) is 7.11. The van der Waals surface area contributed by atoms with E-state index in [4.69, 9.17) is 4.98 Å². The molecule has 0 aliphatic carbocycles. The zero-order chi connectivity index (χ0) is 20.1. The second kappa shape index (κ2) is 8.69. The van der Waals surface area contributed by atoms with Gasteiger partial charge in [-0.1, -0.05) is 60.7 Å².